The van der Waals surface area contributed by atoms with Crippen LogP contribution in [0.25, 0.3) is 11.0 Å². The molecule has 4 heteroatoms. The van der Waals surface area contributed by atoms with Gasteiger partial charge in [-0.25, -0.2) is 0 Å². The minimum Gasteiger partial charge on any atom is -0.496 e. The second-order valence-electron chi connectivity index (χ2n) is 7.08. The molecule has 0 unspecified atom stereocenters. The second-order valence-corrected chi connectivity index (χ2v) is 7.08. The van der Waals surface area contributed by atoms with E-state index >= 15 is 0 Å². The largest absolute Gasteiger partial charge is 0.496 e. The molecule has 0 aliphatic heterocycles. The Morgan fingerprint density at radius 3 is 2.80 bits per heavy atom. The van der Waals surface area contributed by atoms with Crippen molar-refractivity contribution in [2.75, 3.05) is 7.11 Å². The molecule has 25 heavy (non-hydrogen) atoms. The van der Waals surface area contributed by atoms with Crippen LogP contribution in [0.5, 0.6) is 5.75 Å². The molecule has 1 aromatic heterocycles. The van der Waals surface area contributed by atoms with Crippen LogP contribution >= 0.6 is 0 Å². The summed E-state index contributed by atoms with van der Waals surface area (Å²) in [6.07, 6.45) is 2.99. The molecule has 0 amide bonds. The molecule has 1 heterocycles. The van der Waals surface area contributed by atoms with Crippen molar-refractivity contribution in [1.29, 1.82) is 0 Å². The molecule has 1 saturated carbocycles. The van der Waals surface area contributed by atoms with Crippen molar-refractivity contribution in [2.24, 2.45) is 0 Å². The molecule has 3 nitrogen and oxygen atoms in total. The number of fused-ring (bicyclic) bond motifs is 4. The summed E-state index contributed by atoms with van der Waals surface area (Å²) in [5, 5.41) is 1.03. The second kappa shape index (κ2) is 5.79. The molecule has 123 valence electrons. The summed E-state index contributed by atoms with van der Waals surface area (Å²) in [7, 11) is 1.60. The summed E-state index contributed by atoms with van der Waals surface area (Å²) in [5.74, 6) is 1.63. The van der Waals surface area contributed by atoms with Crippen molar-refractivity contribution in [3.8, 4) is 5.75 Å². The van der Waals surface area contributed by atoms with Gasteiger partial charge in [-0.2, -0.15) is 24.3 Å². The molecule has 0 saturated heterocycles. The normalized spacial score (nSPS) is 16.8. The fourth-order valence-corrected chi connectivity index (χ4v) is 3.69. The predicted octanol–water partition coefficient (Wildman–Crippen LogP) is 4.43. The molecule has 2 aliphatic rings. The van der Waals surface area contributed by atoms with Crippen molar-refractivity contribution in [3.05, 3.63) is 64.4 Å². The SMILES string of the molecule is COc1cc2oc(C3(C)CC3)cc2c2c1C(=O)c1ccc[c-]c1C2.[Y]. The fourth-order valence-electron chi connectivity index (χ4n) is 3.69. The first-order valence-electron chi connectivity index (χ1n) is 8.29. The molecular weight excluding hydrogens is 389 g/mol. The number of furan rings is 1. The third-order valence-electron chi connectivity index (χ3n) is 5.48. The molecule has 5 rings (SSSR count). The zero-order valence-electron chi connectivity index (χ0n) is 14.3. The van der Waals surface area contributed by atoms with Gasteiger partial charge in [-0.15, -0.1) is 5.56 Å². The molecule has 0 spiro atoms. The number of benzene rings is 2. The van der Waals surface area contributed by atoms with Crippen LogP contribution in [-0.2, 0) is 44.5 Å². The fraction of sp³-hybridized carbons (Fsp3) is 0.286. The predicted molar refractivity (Wildman–Crippen MR) is 90.9 cm³/mol. The summed E-state index contributed by atoms with van der Waals surface area (Å²) in [6.45, 7) is 2.22. The summed E-state index contributed by atoms with van der Waals surface area (Å²) < 4.78 is 11.7. The first-order valence-corrected chi connectivity index (χ1v) is 8.29. The van der Waals surface area contributed by atoms with E-state index in [0.29, 0.717) is 17.7 Å². The van der Waals surface area contributed by atoms with Gasteiger partial charge in [-0.05, 0) is 30.9 Å². The van der Waals surface area contributed by atoms with Gasteiger partial charge < -0.3 is 13.9 Å². The average molecular weight is 406 g/mol. The van der Waals surface area contributed by atoms with E-state index in [1.165, 1.54) is 0 Å². The molecule has 1 fully saturated rings. The van der Waals surface area contributed by atoms with Gasteiger partial charge in [0, 0.05) is 49.6 Å². The van der Waals surface area contributed by atoms with Gasteiger partial charge in [0.2, 0.25) is 0 Å². The van der Waals surface area contributed by atoms with Crippen molar-refractivity contribution >= 4 is 16.8 Å². The number of rotatable bonds is 2. The molecule has 2 aliphatic carbocycles. The standard InChI is InChI=1S/C21H17O3.Y/c1-21(7-8-21)18-10-14-15-9-12-5-3-4-6-13(12)20(22)19(15)17(23-2)11-16(14)24-18;/h3-4,6,10-11H,7-9H2,1-2H3;/q-1;. The van der Waals surface area contributed by atoms with E-state index in [0.717, 1.165) is 46.3 Å². The van der Waals surface area contributed by atoms with Crippen LogP contribution < -0.4 is 4.74 Å². The van der Waals surface area contributed by atoms with Gasteiger partial charge in [0.25, 0.3) is 0 Å². The number of hydrogen-bond donors (Lipinski definition) is 0. The van der Waals surface area contributed by atoms with E-state index in [1.807, 2.05) is 24.3 Å². The van der Waals surface area contributed by atoms with Crippen LogP contribution in [0.4, 0.5) is 0 Å². The Bertz CT molecular complexity index is 1010. The van der Waals surface area contributed by atoms with E-state index in [-0.39, 0.29) is 43.9 Å². The van der Waals surface area contributed by atoms with Crippen LogP contribution in [0.15, 0.2) is 34.7 Å². The topological polar surface area (TPSA) is 39.4 Å². The summed E-state index contributed by atoms with van der Waals surface area (Å²) in [5.41, 5.74) is 4.31. The Morgan fingerprint density at radius 2 is 2.08 bits per heavy atom. The quantitative estimate of drug-likeness (QED) is 0.463. The van der Waals surface area contributed by atoms with Crippen LogP contribution in [0.1, 0.15) is 52.6 Å². The van der Waals surface area contributed by atoms with Gasteiger partial charge in [0.05, 0.1) is 12.7 Å². The van der Waals surface area contributed by atoms with E-state index < -0.39 is 0 Å². The monoisotopic (exact) mass is 406 g/mol. The summed E-state index contributed by atoms with van der Waals surface area (Å²) in [6, 6.07) is 12.8. The maximum Gasteiger partial charge on any atom is 0.143 e. The number of ether oxygens (including phenoxy) is 1. The van der Waals surface area contributed by atoms with Gasteiger partial charge in [-0.1, -0.05) is 12.5 Å². The Hall–Kier alpha value is -1.45. The minimum absolute atomic E-state index is 0. The maximum absolute atomic E-state index is 13.0. The smallest absolute Gasteiger partial charge is 0.143 e. The van der Waals surface area contributed by atoms with Gasteiger partial charge in [0.15, 0.2) is 0 Å². The van der Waals surface area contributed by atoms with E-state index in [1.54, 1.807) is 7.11 Å². The minimum atomic E-state index is 0. The van der Waals surface area contributed by atoms with E-state index in [9.17, 15) is 4.79 Å². The van der Waals surface area contributed by atoms with E-state index in [4.69, 9.17) is 9.15 Å². The van der Waals surface area contributed by atoms with E-state index in [2.05, 4.69) is 19.1 Å². The number of ketones is 1. The number of hydrogen-bond acceptors (Lipinski definition) is 3. The zero-order valence-corrected chi connectivity index (χ0v) is 17.1. The summed E-state index contributed by atoms with van der Waals surface area (Å²) >= 11 is 0. The summed E-state index contributed by atoms with van der Waals surface area (Å²) in [4.78, 5) is 13.0. The van der Waals surface area contributed by atoms with Gasteiger partial charge in [-0.3, -0.25) is 0 Å². The molecule has 0 atom stereocenters. The van der Waals surface area contributed by atoms with Crippen molar-refractivity contribution in [1.82, 2.24) is 0 Å². The van der Waals surface area contributed by atoms with Gasteiger partial charge >= 0.3 is 0 Å². The maximum atomic E-state index is 13.0. The number of methoxy groups -OCH3 is 1. The van der Waals surface area contributed by atoms with Crippen molar-refractivity contribution in [2.45, 2.75) is 31.6 Å². The Morgan fingerprint density at radius 1 is 1.28 bits per heavy atom. The first kappa shape index (κ1) is 17.0. The molecule has 2 aromatic carbocycles. The zero-order chi connectivity index (χ0) is 16.5. The molecule has 0 N–H and O–H groups in total. The van der Waals surface area contributed by atoms with Crippen molar-refractivity contribution in [3.63, 3.8) is 0 Å². The number of carbonyl (C=O) groups is 1. The third-order valence-corrected chi connectivity index (χ3v) is 5.48. The Balaban J connectivity index is 0.00000157. The third kappa shape index (κ3) is 2.44. The van der Waals surface area contributed by atoms with Crippen molar-refractivity contribution < 1.29 is 46.7 Å². The molecule has 1 radical (unpaired) electrons. The van der Waals surface area contributed by atoms with Crippen LogP contribution in [0.3, 0.4) is 0 Å². The van der Waals surface area contributed by atoms with Crippen LogP contribution in [0.2, 0.25) is 0 Å². The van der Waals surface area contributed by atoms with Crippen LogP contribution in [-0.4, -0.2) is 12.9 Å². The first-order chi connectivity index (χ1) is 11.6. The molecule has 0 bridgehead atoms. The number of carbonyl (C=O) groups excluding carboxylic acids is 1. The molecular formula is C21H17O3Y-. The van der Waals surface area contributed by atoms with Crippen LogP contribution in [0, 0.1) is 6.07 Å². The average Bonchev–Trinajstić information content (AvgIpc) is 3.19. The Kier molecular flexibility index (Phi) is 3.93. The Labute approximate surface area is 171 Å². The van der Waals surface area contributed by atoms with Gasteiger partial charge in [0.1, 0.15) is 22.9 Å². The molecule has 3 aromatic rings.